The summed E-state index contributed by atoms with van der Waals surface area (Å²) < 4.78 is 5.48. The predicted molar refractivity (Wildman–Crippen MR) is 113 cm³/mol. The number of amides is 2. The molecular weight excluding hydrogens is 366 g/mol. The lowest BCUT2D eigenvalue weighted by atomic mass is 10.0. The third-order valence-electron chi connectivity index (χ3n) is 5.35. The highest BCUT2D eigenvalue weighted by Crippen LogP contribution is 2.35. The van der Waals surface area contributed by atoms with E-state index in [1.165, 1.54) is 4.90 Å². The summed E-state index contributed by atoms with van der Waals surface area (Å²) in [6, 6.07) is 16.6. The highest BCUT2D eigenvalue weighted by Gasteiger charge is 2.42. The third kappa shape index (κ3) is 3.63. The smallest absolute Gasteiger partial charge is 0.282 e. The van der Waals surface area contributed by atoms with Gasteiger partial charge in [0.05, 0.1) is 17.9 Å². The van der Waals surface area contributed by atoms with Crippen LogP contribution in [0.3, 0.4) is 0 Å². The van der Waals surface area contributed by atoms with Gasteiger partial charge in [-0.1, -0.05) is 30.3 Å². The number of benzene rings is 2. The number of ether oxygens (including phenoxy) is 1. The van der Waals surface area contributed by atoms with Gasteiger partial charge in [0.15, 0.2) is 0 Å². The van der Waals surface area contributed by atoms with Crippen molar-refractivity contribution in [2.24, 2.45) is 0 Å². The summed E-state index contributed by atoms with van der Waals surface area (Å²) in [7, 11) is 2.07. The Morgan fingerprint density at radius 1 is 0.862 bits per heavy atom. The highest BCUT2D eigenvalue weighted by molar-refractivity contribution is 6.45. The molecule has 0 atom stereocenters. The number of rotatable bonds is 5. The molecule has 0 radical (unpaired) electrons. The monoisotopic (exact) mass is 391 g/mol. The standard InChI is InChI=1S/C23H25N3O3/c1-3-29-19-11-9-18(10-12-19)26-22(27)20(17-7-5-4-6-8-17)21(23(26)28)25-15-13-24(2)14-16-25/h4-12H,3,13-16H2,1-2H3. The molecule has 0 spiro atoms. The molecule has 2 aliphatic heterocycles. The maximum atomic E-state index is 13.5. The second-order valence-electron chi connectivity index (χ2n) is 7.25. The van der Waals surface area contributed by atoms with E-state index >= 15 is 0 Å². The van der Waals surface area contributed by atoms with Crippen LogP contribution in [0.5, 0.6) is 5.75 Å². The summed E-state index contributed by atoms with van der Waals surface area (Å²) in [6.07, 6.45) is 0. The van der Waals surface area contributed by atoms with E-state index in [0.717, 1.165) is 31.7 Å². The number of piperazine rings is 1. The molecule has 2 aromatic carbocycles. The second kappa shape index (κ2) is 8.09. The number of nitrogens with zero attached hydrogens (tertiary/aromatic N) is 3. The van der Waals surface area contributed by atoms with Gasteiger partial charge in [-0.05, 0) is 43.8 Å². The predicted octanol–water partition coefficient (Wildman–Crippen LogP) is 2.62. The molecule has 150 valence electrons. The molecule has 0 unspecified atom stereocenters. The van der Waals surface area contributed by atoms with Gasteiger partial charge in [0.1, 0.15) is 11.4 Å². The average molecular weight is 391 g/mol. The number of carbonyl (C=O) groups is 2. The number of anilines is 1. The zero-order valence-corrected chi connectivity index (χ0v) is 16.8. The molecule has 0 saturated carbocycles. The highest BCUT2D eigenvalue weighted by atomic mass is 16.5. The average Bonchev–Trinajstić information content (AvgIpc) is 3.00. The Labute approximate surface area is 171 Å². The number of carbonyl (C=O) groups excluding carboxylic acids is 2. The maximum Gasteiger partial charge on any atom is 0.282 e. The van der Waals surface area contributed by atoms with Crippen molar-refractivity contribution < 1.29 is 14.3 Å². The van der Waals surface area contributed by atoms with Crippen molar-refractivity contribution in [1.29, 1.82) is 0 Å². The van der Waals surface area contributed by atoms with Crippen molar-refractivity contribution in [3.05, 3.63) is 65.9 Å². The Morgan fingerprint density at radius 2 is 1.52 bits per heavy atom. The molecule has 2 aliphatic rings. The lowest BCUT2D eigenvalue weighted by molar-refractivity contribution is -0.120. The van der Waals surface area contributed by atoms with E-state index in [0.29, 0.717) is 29.3 Å². The van der Waals surface area contributed by atoms with Crippen LogP contribution in [0.4, 0.5) is 5.69 Å². The fourth-order valence-corrected chi connectivity index (χ4v) is 3.80. The van der Waals surface area contributed by atoms with Crippen molar-refractivity contribution >= 4 is 23.1 Å². The fourth-order valence-electron chi connectivity index (χ4n) is 3.80. The van der Waals surface area contributed by atoms with Crippen molar-refractivity contribution in [2.75, 3.05) is 44.7 Å². The van der Waals surface area contributed by atoms with Crippen molar-refractivity contribution in [1.82, 2.24) is 9.80 Å². The van der Waals surface area contributed by atoms with Gasteiger partial charge in [-0.3, -0.25) is 9.59 Å². The summed E-state index contributed by atoms with van der Waals surface area (Å²) >= 11 is 0. The van der Waals surface area contributed by atoms with Crippen molar-refractivity contribution in [3.8, 4) is 5.75 Å². The third-order valence-corrected chi connectivity index (χ3v) is 5.35. The number of hydrogen-bond acceptors (Lipinski definition) is 5. The van der Waals surface area contributed by atoms with Gasteiger partial charge < -0.3 is 14.5 Å². The van der Waals surface area contributed by atoms with Crippen LogP contribution in [0.15, 0.2) is 60.3 Å². The Bertz CT molecular complexity index is 930. The van der Waals surface area contributed by atoms with E-state index in [9.17, 15) is 9.59 Å². The Kier molecular flexibility index (Phi) is 5.36. The van der Waals surface area contributed by atoms with Crippen molar-refractivity contribution in [3.63, 3.8) is 0 Å². The normalized spacial score (nSPS) is 18.0. The van der Waals surface area contributed by atoms with Gasteiger partial charge in [0, 0.05) is 26.2 Å². The van der Waals surface area contributed by atoms with Crippen LogP contribution in [0.25, 0.3) is 5.57 Å². The first-order valence-corrected chi connectivity index (χ1v) is 9.95. The van der Waals surface area contributed by atoms with Crippen LogP contribution in [0, 0.1) is 0 Å². The zero-order chi connectivity index (χ0) is 20.4. The molecule has 6 heteroatoms. The summed E-state index contributed by atoms with van der Waals surface area (Å²) in [4.78, 5) is 32.4. The van der Waals surface area contributed by atoms with Gasteiger partial charge >= 0.3 is 0 Å². The summed E-state index contributed by atoms with van der Waals surface area (Å²) in [5.74, 6) is 0.174. The summed E-state index contributed by atoms with van der Waals surface area (Å²) in [5.41, 5.74) is 2.31. The zero-order valence-electron chi connectivity index (χ0n) is 16.8. The van der Waals surface area contributed by atoms with E-state index in [4.69, 9.17) is 4.74 Å². The van der Waals surface area contributed by atoms with Gasteiger partial charge in [-0.2, -0.15) is 0 Å². The largest absolute Gasteiger partial charge is 0.494 e. The first-order chi connectivity index (χ1) is 14.1. The van der Waals surface area contributed by atoms with Gasteiger partial charge in [-0.25, -0.2) is 4.90 Å². The van der Waals surface area contributed by atoms with Crippen LogP contribution in [-0.4, -0.2) is 61.4 Å². The summed E-state index contributed by atoms with van der Waals surface area (Å²) in [6.45, 7) is 5.64. The lowest BCUT2D eigenvalue weighted by Crippen LogP contribution is -2.46. The molecule has 29 heavy (non-hydrogen) atoms. The Balaban J connectivity index is 1.73. The number of likely N-dealkylation sites (N-methyl/N-ethyl adjacent to an activating group) is 1. The van der Waals surface area contributed by atoms with E-state index in [1.54, 1.807) is 24.3 Å². The SMILES string of the molecule is CCOc1ccc(N2C(=O)C(c3ccccc3)=C(N3CCN(C)CC3)C2=O)cc1. The lowest BCUT2D eigenvalue weighted by Gasteiger charge is -2.34. The molecule has 0 aliphatic carbocycles. The number of hydrogen-bond donors (Lipinski definition) is 0. The van der Waals surface area contributed by atoms with E-state index in [2.05, 4.69) is 16.8 Å². The van der Waals surface area contributed by atoms with Crippen molar-refractivity contribution in [2.45, 2.75) is 6.92 Å². The Hall–Kier alpha value is -3.12. The van der Waals surface area contributed by atoms with E-state index in [-0.39, 0.29) is 11.8 Å². The molecular formula is C23H25N3O3. The Morgan fingerprint density at radius 3 is 2.14 bits per heavy atom. The molecule has 6 nitrogen and oxygen atoms in total. The van der Waals surface area contributed by atoms with Crippen LogP contribution in [-0.2, 0) is 9.59 Å². The second-order valence-corrected chi connectivity index (χ2v) is 7.25. The first kappa shape index (κ1) is 19.2. The minimum Gasteiger partial charge on any atom is -0.494 e. The summed E-state index contributed by atoms with van der Waals surface area (Å²) in [5, 5.41) is 0. The molecule has 0 N–H and O–H groups in total. The van der Waals surface area contributed by atoms with Gasteiger partial charge in [0.25, 0.3) is 11.8 Å². The molecule has 0 bridgehead atoms. The molecule has 2 heterocycles. The topological polar surface area (TPSA) is 53.1 Å². The minimum absolute atomic E-state index is 0.262. The number of imide groups is 1. The van der Waals surface area contributed by atoms with Crippen LogP contribution in [0.1, 0.15) is 12.5 Å². The minimum atomic E-state index is -0.278. The molecule has 4 rings (SSSR count). The molecule has 2 aromatic rings. The van der Waals surface area contributed by atoms with Crippen LogP contribution >= 0.6 is 0 Å². The maximum absolute atomic E-state index is 13.5. The first-order valence-electron chi connectivity index (χ1n) is 9.95. The fraction of sp³-hybridized carbons (Fsp3) is 0.304. The molecule has 1 saturated heterocycles. The molecule has 0 aromatic heterocycles. The molecule has 1 fully saturated rings. The van der Waals surface area contributed by atoms with E-state index in [1.807, 2.05) is 37.3 Å². The van der Waals surface area contributed by atoms with Gasteiger partial charge in [0.2, 0.25) is 0 Å². The van der Waals surface area contributed by atoms with Gasteiger partial charge in [-0.15, -0.1) is 0 Å². The van der Waals surface area contributed by atoms with Crippen LogP contribution in [0.2, 0.25) is 0 Å². The quantitative estimate of drug-likeness (QED) is 0.734. The molecule has 2 amide bonds. The van der Waals surface area contributed by atoms with Crippen LogP contribution < -0.4 is 9.64 Å². The van der Waals surface area contributed by atoms with E-state index < -0.39 is 0 Å².